The molecule has 1 aromatic rings. The summed E-state index contributed by atoms with van der Waals surface area (Å²) in [5.74, 6) is 0.505. The number of carbonyl (C=O) groups excluding carboxylic acids is 1. The van der Waals surface area contributed by atoms with E-state index in [4.69, 9.17) is 14.2 Å². The molecule has 1 aromatic carbocycles. The van der Waals surface area contributed by atoms with Crippen LogP contribution in [-0.2, 0) is 14.3 Å². The molecule has 1 amide bonds. The van der Waals surface area contributed by atoms with Crippen molar-refractivity contribution >= 4 is 11.6 Å². The van der Waals surface area contributed by atoms with Crippen LogP contribution >= 0.6 is 0 Å². The van der Waals surface area contributed by atoms with E-state index < -0.39 is 0 Å². The first-order valence-electron chi connectivity index (χ1n) is 6.56. The monoisotopic (exact) mass is 281 g/mol. The van der Waals surface area contributed by atoms with E-state index in [9.17, 15) is 4.79 Å². The number of rotatable bonds is 7. The summed E-state index contributed by atoms with van der Waals surface area (Å²) in [6.07, 6.45) is 0. The Balaban J connectivity index is 2.46. The van der Waals surface area contributed by atoms with Crippen molar-refractivity contribution in [3.8, 4) is 5.75 Å². The summed E-state index contributed by atoms with van der Waals surface area (Å²) in [4.78, 5) is 11.7. The smallest absolute Gasteiger partial charge is 0.250 e. The second-order valence-corrected chi connectivity index (χ2v) is 5.32. The van der Waals surface area contributed by atoms with Gasteiger partial charge in [-0.1, -0.05) is 6.07 Å². The van der Waals surface area contributed by atoms with Gasteiger partial charge in [0.25, 0.3) is 0 Å². The summed E-state index contributed by atoms with van der Waals surface area (Å²) < 4.78 is 15.8. The highest BCUT2D eigenvalue weighted by Crippen LogP contribution is 2.17. The summed E-state index contributed by atoms with van der Waals surface area (Å²) in [6, 6.07) is 7.22. The maximum Gasteiger partial charge on any atom is 0.250 e. The van der Waals surface area contributed by atoms with Gasteiger partial charge in [0.15, 0.2) is 0 Å². The Morgan fingerprint density at radius 2 is 2.00 bits per heavy atom. The lowest BCUT2D eigenvalue weighted by Crippen LogP contribution is -2.27. The highest BCUT2D eigenvalue weighted by molar-refractivity contribution is 5.91. The van der Waals surface area contributed by atoms with Gasteiger partial charge in [0, 0.05) is 18.9 Å². The Hall–Kier alpha value is -1.59. The van der Waals surface area contributed by atoms with Crippen molar-refractivity contribution in [2.45, 2.75) is 26.4 Å². The molecule has 0 saturated heterocycles. The second kappa shape index (κ2) is 7.87. The van der Waals surface area contributed by atoms with Crippen LogP contribution in [0.15, 0.2) is 24.3 Å². The van der Waals surface area contributed by atoms with Gasteiger partial charge < -0.3 is 19.5 Å². The van der Waals surface area contributed by atoms with Crippen LogP contribution in [0.3, 0.4) is 0 Å². The van der Waals surface area contributed by atoms with Gasteiger partial charge >= 0.3 is 0 Å². The molecule has 0 spiro atoms. The predicted molar refractivity (Wildman–Crippen MR) is 78.1 cm³/mol. The largest absolute Gasteiger partial charge is 0.491 e. The van der Waals surface area contributed by atoms with Gasteiger partial charge in [-0.3, -0.25) is 4.79 Å². The molecule has 0 radical (unpaired) electrons. The molecule has 5 nitrogen and oxygen atoms in total. The topological polar surface area (TPSA) is 56.8 Å². The second-order valence-electron chi connectivity index (χ2n) is 5.32. The lowest BCUT2D eigenvalue weighted by molar-refractivity contribution is -0.125. The summed E-state index contributed by atoms with van der Waals surface area (Å²) in [5, 5.41) is 2.77. The number of hydrogen-bond donors (Lipinski definition) is 1. The summed E-state index contributed by atoms with van der Waals surface area (Å²) >= 11 is 0. The van der Waals surface area contributed by atoms with Gasteiger partial charge in [-0.05, 0) is 32.9 Å². The fourth-order valence-corrected chi connectivity index (χ4v) is 1.39. The lowest BCUT2D eigenvalue weighted by atomic mass is 10.2. The first-order chi connectivity index (χ1) is 9.40. The molecule has 0 bridgehead atoms. The molecule has 0 aliphatic rings. The maximum atomic E-state index is 11.7. The van der Waals surface area contributed by atoms with E-state index >= 15 is 0 Å². The third-order valence-corrected chi connectivity index (χ3v) is 2.31. The summed E-state index contributed by atoms with van der Waals surface area (Å²) in [7, 11) is 1.62. The quantitative estimate of drug-likeness (QED) is 0.780. The zero-order valence-electron chi connectivity index (χ0n) is 12.6. The minimum atomic E-state index is -0.331. The first-order valence-corrected chi connectivity index (χ1v) is 6.56. The fraction of sp³-hybridized carbons (Fsp3) is 0.533. The van der Waals surface area contributed by atoms with Crippen molar-refractivity contribution < 1.29 is 19.0 Å². The van der Waals surface area contributed by atoms with Crippen LogP contribution in [0.25, 0.3) is 0 Å². The van der Waals surface area contributed by atoms with Crippen LogP contribution in [0.4, 0.5) is 5.69 Å². The standard InChI is InChI=1S/C15H23NO4/c1-15(2,3)20-11-14(17)16-12-6-5-7-13(10-12)19-9-8-18-4/h5-7,10H,8-9,11H2,1-4H3,(H,16,17). The number of carbonyl (C=O) groups is 1. The highest BCUT2D eigenvalue weighted by atomic mass is 16.5. The molecule has 0 saturated carbocycles. The predicted octanol–water partition coefficient (Wildman–Crippen LogP) is 2.47. The van der Waals surface area contributed by atoms with E-state index in [1.54, 1.807) is 19.2 Å². The molecular weight excluding hydrogens is 258 g/mol. The van der Waals surface area contributed by atoms with E-state index in [-0.39, 0.29) is 18.1 Å². The number of benzene rings is 1. The van der Waals surface area contributed by atoms with Crippen molar-refractivity contribution in [1.82, 2.24) is 0 Å². The van der Waals surface area contributed by atoms with Crippen molar-refractivity contribution in [2.75, 3.05) is 32.2 Å². The first kappa shape index (κ1) is 16.5. The third-order valence-electron chi connectivity index (χ3n) is 2.31. The van der Waals surface area contributed by atoms with Gasteiger partial charge in [-0.2, -0.15) is 0 Å². The molecule has 0 aromatic heterocycles. The Kier molecular flexibility index (Phi) is 6.48. The van der Waals surface area contributed by atoms with E-state index in [1.807, 2.05) is 32.9 Å². The molecule has 0 atom stereocenters. The lowest BCUT2D eigenvalue weighted by Gasteiger charge is -2.19. The average Bonchev–Trinajstić information content (AvgIpc) is 2.36. The maximum absolute atomic E-state index is 11.7. The van der Waals surface area contributed by atoms with Crippen molar-refractivity contribution in [3.63, 3.8) is 0 Å². The van der Waals surface area contributed by atoms with E-state index in [0.717, 1.165) is 0 Å². The zero-order valence-corrected chi connectivity index (χ0v) is 12.6. The zero-order chi connectivity index (χ0) is 15.0. The number of anilines is 1. The van der Waals surface area contributed by atoms with Gasteiger partial charge in [0.05, 0.1) is 12.2 Å². The van der Waals surface area contributed by atoms with Gasteiger partial charge in [-0.25, -0.2) is 0 Å². The van der Waals surface area contributed by atoms with Crippen molar-refractivity contribution in [2.24, 2.45) is 0 Å². The van der Waals surface area contributed by atoms with Crippen LogP contribution < -0.4 is 10.1 Å². The number of hydrogen-bond acceptors (Lipinski definition) is 4. The van der Waals surface area contributed by atoms with Crippen molar-refractivity contribution in [3.05, 3.63) is 24.3 Å². The molecule has 0 heterocycles. The molecular formula is C15H23NO4. The fourth-order valence-electron chi connectivity index (χ4n) is 1.39. The van der Waals surface area contributed by atoms with Crippen LogP contribution in [0, 0.1) is 0 Å². The van der Waals surface area contributed by atoms with Crippen LogP contribution in [0.5, 0.6) is 5.75 Å². The third kappa shape index (κ3) is 7.11. The molecule has 5 heteroatoms. The SMILES string of the molecule is COCCOc1cccc(NC(=O)COC(C)(C)C)c1. The number of methoxy groups -OCH3 is 1. The van der Waals surface area contributed by atoms with E-state index in [0.29, 0.717) is 24.7 Å². The number of ether oxygens (including phenoxy) is 3. The van der Waals surface area contributed by atoms with E-state index in [2.05, 4.69) is 5.32 Å². The highest BCUT2D eigenvalue weighted by Gasteiger charge is 2.13. The summed E-state index contributed by atoms with van der Waals surface area (Å²) in [6.45, 7) is 6.74. The van der Waals surface area contributed by atoms with E-state index in [1.165, 1.54) is 0 Å². The van der Waals surface area contributed by atoms with Gasteiger partial charge in [0.1, 0.15) is 19.0 Å². The molecule has 112 valence electrons. The minimum absolute atomic E-state index is 0.0261. The molecule has 1 N–H and O–H groups in total. The molecule has 0 fully saturated rings. The molecule has 0 aliphatic carbocycles. The minimum Gasteiger partial charge on any atom is -0.491 e. The van der Waals surface area contributed by atoms with Crippen LogP contribution in [0.1, 0.15) is 20.8 Å². The van der Waals surface area contributed by atoms with Crippen LogP contribution in [-0.4, -0.2) is 38.4 Å². The Morgan fingerprint density at radius 3 is 2.65 bits per heavy atom. The van der Waals surface area contributed by atoms with Crippen molar-refractivity contribution in [1.29, 1.82) is 0 Å². The Bertz CT molecular complexity index is 426. The summed E-state index contributed by atoms with van der Waals surface area (Å²) in [5.41, 5.74) is 0.352. The number of nitrogens with one attached hydrogen (secondary N) is 1. The number of amides is 1. The van der Waals surface area contributed by atoms with Crippen LogP contribution in [0.2, 0.25) is 0 Å². The van der Waals surface area contributed by atoms with Gasteiger partial charge in [-0.15, -0.1) is 0 Å². The molecule has 1 rings (SSSR count). The van der Waals surface area contributed by atoms with Gasteiger partial charge in [0.2, 0.25) is 5.91 Å². The normalized spacial score (nSPS) is 11.2. The molecule has 0 aliphatic heterocycles. The Morgan fingerprint density at radius 1 is 1.25 bits per heavy atom. The molecule has 20 heavy (non-hydrogen) atoms. The average molecular weight is 281 g/mol. The Labute approximate surface area is 120 Å². The molecule has 0 unspecified atom stereocenters.